The van der Waals surface area contributed by atoms with Gasteiger partial charge in [0, 0.05) is 51.0 Å². The van der Waals surface area contributed by atoms with Gasteiger partial charge in [-0.05, 0) is 69.3 Å². The number of hydrogen-bond donors (Lipinski definition) is 3. The molecule has 1 aromatic carbocycles. The van der Waals surface area contributed by atoms with Crippen LogP contribution in [0.2, 0.25) is 0 Å². The van der Waals surface area contributed by atoms with Gasteiger partial charge in [0.2, 0.25) is 0 Å². The number of nitrogens with one attached hydrogen (secondary N) is 2. The van der Waals surface area contributed by atoms with Crippen LogP contribution < -0.4 is 22.1 Å². The fourth-order valence-corrected chi connectivity index (χ4v) is 5.10. The van der Waals surface area contributed by atoms with Crippen LogP contribution in [0.25, 0.3) is 5.69 Å². The molecule has 3 atom stereocenters. The molecule has 4 N–H and O–H groups in total. The lowest BCUT2D eigenvalue weighted by Gasteiger charge is -2.33. The second-order valence-electron chi connectivity index (χ2n) is 10.1. The Labute approximate surface area is 207 Å². The quantitative estimate of drug-likeness (QED) is 0.559. The Kier molecular flexibility index (Phi) is 8.54. The first-order valence-corrected chi connectivity index (χ1v) is 12.8. The van der Waals surface area contributed by atoms with Gasteiger partial charge in [0.05, 0.1) is 5.69 Å². The Balaban J connectivity index is 1.33. The van der Waals surface area contributed by atoms with Gasteiger partial charge in [-0.3, -0.25) is 9.88 Å². The van der Waals surface area contributed by atoms with E-state index >= 15 is 0 Å². The average Bonchev–Trinajstić information content (AvgIpc) is 2.85. The van der Waals surface area contributed by atoms with E-state index in [2.05, 4.69) is 46.6 Å². The molecule has 9 nitrogen and oxygen atoms in total. The molecule has 35 heavy (non-hydrogen) atoms. The summed E-state index contributed by atoms with van der Waals surface area (Å²) in [6.45, 7) is 6.16. The molecule has 0 spiro atoms. The number of carbonyl (C=O) groups is 1. The van der Waals surface area contributed by atoms with Crippen LogP contribution in [0.4, 0.5) is 10.6 Å². The van der Waals surface area contributed by atoms with Crippen molar-refractivity contribution in [1.82, 2.24) is 24.7 Å². The second kappa shape index (κ2) is 11.8. The normalized spacial score (nSPS) is 21.7. The summed E-state index contributed by atoms with van der Waals surface area (Å²) in [5.41, 5.74) is 7.73. The molecule has 1 saturated carbocycles. The molecular weight excluding hydrogens is 442 g/mol. The van der Waals surface area contributed by atoms with Gasteiger partial charge in [0.15, 0.2) is 0 Å². The minimum Gasteiger partial charge on any atom is -0.328 e. The van der Waals surface area contributed by atoms with Gasteiger partial charge < -0.3 is 20.9 Å². The van der Waals surface area contributed by atoms with E-state index in [0.717, 1.165) is 44.6 Å². The lowest BCUT2D eigenvalue weighted by molar-refractivity contribution is 0.183. The summed E-state index contributed by atoms with van der Waals surface area (Å²) >= 11 is 0. The number of hydrogen-bond acceptors (Lipinski definition) is 6. The summed E-state index contributed by atoms with van der Waals surface area (Å²) in [6.07, 6.45) is 7.41. The van der Waals surface area contributed by atoms with Crippen molar-refractivity contribution in [3.63, 3.8) is 0 Å². The van der Waals surface area contributed by atoms with E-state index in [1.54, 1.807) is 17.2 Å². The molecule has 1 unspecified atom stereocenters. The third-order valence-corrected chi connectivity index (χ3v) is 7.31. The number of aromatic nitrogens is 2. The van der Waals surface area contributed by atoms with Gasteiger partial charge in [-0.1, -0.05) is 18.6 Å². The summed E-state index contributed by atoms with van der Waals surface area (Å²) in [5.74, 6) is 0.958. The average molecular weight is 482 g/mol. The van der Waals surface area contributed by atoms with Gasteiger partial charge >= 0.3 is 11.7 Å². The number of carbonyl (C=O) groups excluding carboxylic acids is 1. The van der Waals surface area contributed by atoms with Crippen molar-refractivity contribution < 1.29 is 4.79 Å². The van der Waals surface area contributed by atoms with E-state index < -0.39 is 5.69 Å². The zero-order valence-corrected chi connectivity index (χ0v) is 20.9. The van der Waals surface area contributed by atoms with Crippen LogP contribution in [0.15, 0.2) is 41.3 Å². The minimum atomic E-state index is -0.422. The monoisotopic (exact) mass is 481 g/mol. The van der Waals surface area contributed by atoms with E-state index in [1.807, 2.05) is 12.1 Å². The van der Waals surface area contributed by atoms with Crippen molar-refractivity contribution in [2.45, 2.75) is 51.1 Å². The highest BCUT2D eigenvalue weighted by molar-refractivity contribution is 5.88. The molecule has 2 aromatic rings. The molecular formula is C26H39N7O2. The van der Waals surface area contributed by atoms with E-state index in [-0.39, 0.29) is 11.8 Å². The topological polar surface area (TPSA) is 109 Å². The summed E-state index contributed by atoms with van der Waals surface area (Å²) in [7, 11) is 2.20. The van der Waals surface area contributed by atoms with Crippen molar-refractivity contribution >= 4 is 11.8 Å². The van der Waals surface area contributed by atoms with E-state index in [4.69, 9.17) is 5.73 Å². The molecule has 190 valence electrons. The van der Waals surface area contributed by atoms with E-state index in [1.165, 1.54) is 23.0 Å². The predicted octanol–water partition coefficient (Wildman–Crippen LogP) is 2.05. The Morgan fingerprint density at radius 2 is 1.97 bits per heavy atom. The second-order valence-corrected chi connectivity index (χ2v) is 10.1. The van der Waals surface area contributed by atoms with Crippen molar-refractivity contribution in [3.05, 3.63) is 52.6 Å². The maximum atomic E-state index is 12.6. The van der Waals surface area contributed by atoms with E-state index in [0.29, 0.717) is 31.1 Å². The molecule has 1 aliphatic heterocycles. The predicted molar refractivity (Wildman–Crippen MR) is 139 cm³/mol. The van der Waals surface area contributed by atoms with Crippen LogP contribution in [0.3, 0.4) is 0 Å². The first kappa shape index (κ1) is 25.3. The lowest BCUT2D eigenvalue weighted by atomic mass is 9.85. The van der Waals surface area contributed by atoms with Crippen LogP contribution >= 0.6 is 0 Å². The molecule has 1 aliphatic carbocycles. The van der Waals surface area contributed by atoms with Gasteiger partial charge in [-0.25, -0.2) is 9.59 Å². The molecule has 2 fully saturated rings. The Morgan fingerprint density at radius 1 is 1.23 bits per heavy atom. The molecule has 1 saturated heterocycles. The maximum absolute atomic E-state index is 12.6. The van der Waals surface area contributed by atoms with Crippen molar-refractivity contribution in [2.24, 2.45) is 11.7 Å². The van der Waals surface area contributed by atoms with Crippen molar-refractivity contribution in [1.29, 1.82) is 0 Å². The number of urea groups is 1. The molecule has 2 heterocycles. The molecule has 1 aromatic heterocycles. The number of nitrogens with zero attached hydrogens (tertiary/aromatic N) is 4. The van der Waals surface area contributed by atoms with E-state index in [9.17, 15) is 9.59 Å². The first-order valence-electron chi connectivity index (χ1n) is 12.8. The number of amides is 2. The Bertz CT molecular complexity index is 1030. The van der Waals surface area contributed by atoms with Crippen LogP contribution in [0.5, 0.6) is 0 Å². The van der Waals surface area contributed by atoms with Gasteiger partial charge in [-0.15, -0.1) is 0 Å². The van der Waals surface area contributed by atoms with Crippen molar-refractivity contribution in [2.75, 3.05) is 45.1 Å². The SMILES string of the molecule is CC(Cc1ccc(-n2ccc(NC(=O)N3CCNCC3)nc2=O)cc1)N(C)C[C@H]1CCC[C@H](N)C1. The summed E-state index contributed by atoms with van der Waals surface area (Å²) in [4.78, 5) is 33.2. The maximum Gasteiger partial charge on any atom is 0.354 e. The molecule has 2 amide bonds. The molecule has 9 heteroatoms. The Hall–Kier alpha value is -2.75. The van der Waals surface area contributed by atoms with Crippen LogP contribution in [-0.2, 0) is 6.42 Å². The van der Waals surface area contributed by atoms with Crippen LogP contribution in [0.1, 0.15) is 38.2 Å². The summed E-state index contributed by atoms with van der Waals surface area (Å²) < 4.78 is 1.49. The highest BCUT2D eigenvalue weighted by atomic mass is 16.2. The third-order valence-electron chi connectivity index (χ3n) is 7.31. The smallest absolute Gasteiger partial charge is 0.328 e. The number of likely N-dealkylation sites (N-methyl/N-ethyl adjacent to an activating group) is 1. The third kappa shape index (κ3) is 6.90. The van der Waals surface area contributed by atoms with Gasteiger partial charge in [-0.2, -0.15) is 4.98 Å². The highest BCUT2D eigenvalue weighted by Crippen LogP contribution is 2.24. The largest absolute Gasteiger partial charge is 0.354 e. The van der Waals surface area contributed by atoms with Crippen molar-refractivity contribution in [3.8, 4) is 5.69 Å². The van der Waals surface area contributed by atoms with Crippen LogP contribution in [0, 0.1) is 5.92 Å². The minimum absolute atomic E-state index is 0.231. The van der Waals surface area contributed by atoms with Crippen LogP contribution in [-0.4, -0.2) is 77.2 Å². The Morgan fingerprint density at radius 3 is 2.66 bits per heavy atom. The molecule has 0 radical (unpaired) electrons. The zero-order chi connectivity index (χ0) is 24.8. The molecule has 2 aliphatic rings. The highest BCUT2D eigenvalue weighted by Gasteiger charge is 2.22. The number of nitrogens with two attached hydrogens (primary N) is 1. The van der Waals surface area contributed by atoms with Gasteiger partial charge in [0.1, 0.15) is 5.82 Å². The number of benzene rings is 1. The standard InChI is InChI=1S/C26H39N7O2/c1-19(31(2)18-21-4-3-5-22(27)17-21)16-20-6-8-23(9-7-20)33-13-10-24(30-26(33)35)29-25(34)32-14-11-28-12-15-32/h6-10,13,19,21-22,28H,3-5,11-12,14-18,27H2,1-2H3,(H,29,30,34,35)/t19?,21-,22-/m0/s1. The fraction of sp³-hybridized carbons (Fsp3) is 0.577. The number of piperazine rings is 1. The number of rotatable bonds is 7. The summed E-state index contributed by atoms with van der Waals surface area (Å²) in [6, 6.07) is 10.2. The summed E-state index contributed by atoms with van der Waals surface area (Å²) in [5, 5.41) is 5.94. The molecule has 4 rings (SSSR count). The molecule has 0 bridgehead atoms. The van der Waals surface area contributed by atoms with Gasteiger partial charge in [0.25, 0.3) is 0 Å². The first-order chi connectivity index (χ1) is 16.9. The lowest BCUT2D eigenvalue weighted by Crippen LogP contribution is -2.48. The zero-order valence-electron chi connectivity index (χ0n) is 20.9. The fourth-order valence-electron chi connectivity index (χ4n) is 5.10. The number of anilines is 1.